The summed E-state index contributed by atoms with van der Waals surface area (Å²) in [6, 6.07) is 13.0. The first kappa shape index (κ1) is 13.4. The second kappa shape index (κ2) is 5.81. The minimum absolute atomic E-state index is 0.366. The van der Waals surface area contributed by atoms with Crippen molar-refractivity contribution in [3.05, 3.63) is 58.8 Å². The molecule has 0 aliphatic rings. The molecule has 0 saturated carbocycles. The summed E-state index contributed by atoms with van der Waals surface area (Å²) in [5.41, 5.74) is 1.42. The lowest BCUT2D eigenvalue weighted by Gasteiger charge is -2.03. The molecule has 0 aliphatic heterocycles. The number of aromatic nitrogens is 1. The van der Waals surface area contributed by atoms with Crippen LogP contribution in [0.25, 0.3) is 10.8 Å². The van der Waals surface area contributed by atoms with Crippen LogP contribution in [0.4, 0.5) is 0 Å². The molecule has 0 spiro atoms. The van der Waals surface area contributed by atoms with E-state index in [9.17, 15) is 0 Å². The van der Waals surface area contributed by atoms with Crippen LogP contribution in [0.1, 0.15) is 17.0 Å². The maximum Gasteiger partial charge on any atom is 0.162 e. The highest BCUT2D eigenvalue weighted by Crippen LogP contribution is 2.26. The topological polar surface area (TPSA) is 59.0 Å². The van der Waals surface area contributed by atoms with Gasteiger partial charge in [-0.1, -0.05) is 6.07 Å². The molecule has 4 nitrogen and oxygen atoms in total. The van der Waals surface area contributed by atoms with Crippen molar-refractivity contribution < 1.29 is 9.15 Å². The van der Waals surface area contributed by atoms with Crippen LogP contribution >= 0.6 is 11.3 Å². The molecular weight excluding hydrogens is 284 g/mol. The van der Waals surface area contributed by atoms with Crippen molar-refractivity contribution in [1.82, 2.24) is 4.98 Å². The van der Waals surface area contributed by atoms with E-state index < -0.39 is 0 Å². The molecule has 0 bridgehead atoms. The van der Waals surface area contributed by atoms with Gasteiger partial charge in [0.25, 0.3) is 0 Å². The Hall–Kier alpha value is -2.58. The van der Waals surface area contributed by atoms with Crippen molar-refractivity contribution in [2.75, 3.05) is 0 Å². The van der Waals surface area contributed by atoms with E-state index in [-0.39, 0.29) is 0 Å². The Kier molecular flexibility index (Phi) is 3.71. The van der Waals surface area contributed by atoms with Crippen molar-refractivity contribution in [2.45, 2.75) is 13.5 Å². The highest BCUT2D eigenvalue weighted by Gasteiger charge is 2.08. The molecule has 0 fully saturated rings. The third-order valence-corrected chi connectivity index (χ3v) is 3.76. The average Bonchev–Trinajstić information content (AvgIpc) is 3.14. The molecule has 2 aromatic heterocycles. The Balaban J connectivity index is 1.69. The highest BCUT2D eigenvalue weighted by atomic mass is 32.1. The van der Waals surface area contributed by atoms with Crippen molar-refractivity contribution >= 4 is 11.3 Å². The molecular formula is C16H12N2O2S. The van der Waals surface area contributed by atoms with Crippen LogP contribution in [0, 0.1) is 18.3 Å². The maximum atomic E-state index is 8.85. The van der Waals surface area contributed by atoms with Crippen LogP contribution in [-0.4, -0.2) is 4.98 Å². The SMILES string of the molecule is Cc1ccc(-c2nc(COc3cccc(C#N)c3)cs2)o1. The number of aryl methyl sites for hydroxylation is 1. The van der Waals surface area contributed by atoms with Gasteiger partial charge in [0.15, 0.2) is 10.8 Å². The van der Waals surface area contributed by atoms with Crippen LogP contribution < -0.4 is 4.74 Å². The van der Waals surface area contributed by atoms with E-state index in [1.165, 1.54) is 11.3 Å². The number of benzene rings is 1. The molecule has 0 radical (unpaired) electrons. The smallest absolute Gasteiger partial charge is 0.162 e. The van der Waals surface area contributed by atoms with Crippen LogP contribution in [0.2, 0.25) is 0 Å². The Labute approximate surface area is 126 Å². The molecule has 0 atom stereocenters. The summed E-state index contributed by atoms with van der Waals surface area (Å²) >= 11 is 1.52. The predicted molar refractivity (Wildman–Crippen MR) is 80.0 cm³/mol. The molecule has 0 amide bonds. The Bertz CT molecular complexity index is 798. The van der Waals surface area contributed by atoms with Crippen molar-refractivity contribution in [3.63, 3.8) is 0 Å². The van der Waals surface area contributed by atoms with E-state index in [1.807, 2.05) is 30.5 Å². The fourth-order valence-corrected chi connectivity index (χ4v) is 2.61. The van der Waals surface area contributed by atoms with E-state index >= 15 is 0 Å². The standard InChI is InChI=1S/C16H12N2O2S/c1-11-5-6-15(20-11)16-18-13(10-21-16)9-19-14-4-2-3-12(7-14)8-17/h2-7,10H,9H2,1H3. The van der Waals surface area contributed by atoms with Gasteiger partial charge in [0.1, 0.15) is 18.1 Å². The van der Waals surface area contributed by atoms with Gasteiger partial charge in [0, 0.05) is 5.38 Å². The number of hydrogen-bond acceptors (Lipinski definition) is 5. The molecule has 0 unspecified atom stereocenters. The van der Waals surface area contributed by atoms with Gasteiger partial charge in [-0.05, 0) is 37.3 Å². The molecule has 2 heterocycles. The van der Waals surface area contributed by atoms with Gasteiger partial charge in [-0.2, -0.15) is 5.26 Å². The molecule has 0 aliphatic carbocycles. The van der Waals surface area contributed by atoms with Gasteiger partial charge in [-0.3, -0.25) is 0 Å². The van der Waals surface area contributed by atoms with Crippen molar-refractivity contribution in [3.8, 4) is 22.6 Å². The zero-order chi connectivity index (χ0) is 14.7. The Morgan fingerprint density at radius 2 is 2.24 bits per heavy atom. The number of nitrogens with zero attached hydrogens (tertiary/aromatic N) is 2. The first-order chi connectivity index (χ1) is 10.2. The molecule has 3 aromatic rings. The number of thiazole rings is 1. The Morgan fingerprint density at radius 3 is 3.00 bits per heavy atom. The largest absolute Gasteiger partial charge is 0.487 e. The number of ether oxygens (including phenoxy) is 1. The van der Waals surface area contributed by atoms with Gasteiger partial charge in [-0.15, -0.1) is 11.3 Å². The van der Waals surface area contributed by atoms with Gasteiger partial charge >= 0.3 is 0 Å². The van der Waals surface area contributed by atoms with E-state index in [0.29, 0.717) is 17.9 Å². The number of nitriles is 1. The highest BCUT2D eigenvalue weighted by molar-refractivity contribution is 7.13. The minimum atomic E-state index is 0.366. The molecule has 3 rings (SSSR count). The lowest BCUT2D eigenvalue weighted by Crippen LogP contribution is -1.95. The molecule has 0 N–H and O–H groups in total. The molecule has 1 aromatic carbocycles. The van der Waals surface area contributed by atoms with E-state index in [0.717, 1.165) is 22.2 Å². The van der Waals surface area contributed by atoms with Crippen molar-refractivity contribution in [2.24, 2.45) is 0 Å². The predicted octanol–water partition coefficient (Wildman–Crippen LogP) is 4.16. The van der Waals surface area contributed by atoms with Gasteiger partial charge in [-0.25, -0.2) is 4.98 Å². The summed E-state index contributed by atoms with van der Waals surface area (Å²) in [6.45, 7) is 2.27. The fourth-order valence-electron chi connectivity index (χ4n) is 1.85. The van der Waals surface area contributed by atoms with Gasteiger partial charge in [0.05, 0.1) is 17.3 Å². The van der Waals surface area contributed by atoms with Gasteiger partial charge < -0.3 is 9.15 Å². The second-order valence-electron chi connectivity index (χ2n) is 4.48. The second-order valence-corrected chi connectivity index (χ2v) is 5.34. The molecule has 0 saturated heterocycles. The van der Waals surface area contributed by atoms with E-state index in [2.05, 4.69) is 11.1 Å². The summed E-state index contributed by atoms with van der Waals surface area (Å²) < 4.78 is 11.2. The van der Waals surface area contributed by atoms with Crippen LogP contribution in [0.15, 0.2) is 46.2 Å². The number of hydrogen-bond donors (Lipinski definition) is 0. The van der Waals surface area contributed by atoms with Crippen LogP contribution in [0.5, 0.6) is 5.75 Å². The summed E-state index contributed by atoms with van der Waals surface area (Å²) in [5.74, 6) is 2.30. The summed E-state index contributed by atoms with van der Waals surface area (Å²) in [7, 11) is 0. The summed E-state index contributed by atoms with van der Waals surface area (Å²) in [5, 5.41) is 11.6. The third kappa shape index (κ3) is 3.12. The lowest BCUT2D eigenvalue weighted by molar-refractivity contribution is 0.302. The minimum Gasteiger partial charge on any atom is -0.487 e. The van der Waals surface area contributed by atoms with Crippen LogP contribution in [-0.2, 0) is 6.61 Å². The average molecular weight is 296 g/mol. The van der Waals surface area contributed by atoms with Gasteiger partial charge in [0.2, 0.25) is 0 Å². The quantitative estimate of drug-likeness (QED) is 0.725. The third-order valence-electron chi connectivity index (χ3n) is 2.85. The zero-order valence-electron chi connectivity index (χ0n) is 11.4. The lowest BCUT2D eigenvalue weighted by atomic mass is 10.2. The number of furan rings is 1. The Morgan fingerprint density at radius 1 is 1.33 bits per heavy atom. The van der Waals surface area contributed by atoms with E-state index in [1.54, 1.807) is 18.2 Å². The maximum absolute atomic E-state index is 8.85. The number of rotatable bonds is 4. The molecule has 21 heavy (non-hydrogen) atoms. The first-order valence-electron chi connectivity index (χ1n) is 6.39. The van der Waals surface area contributed by atoms with Crippen LogP contribution in [0.3, 0.4) is 0 Å². The normalized spacial score (nSPS) is 10.3. The van der Waals surface area contributed by atoms with E-state index in [4.69, 9.17) is 14.4 Å². The molecule has 5 heteroatoms. The summed E-state index contributed by atoms with van der Waals surface area (Å²) in [6.07, 6.45) is 0. The first-order valence-corrected chi connectivity index (χ1v) is 7.27. The zero-order valence-corrected chi connectivity index (χ0v) is 12.2. The monoisotopic (exact) mass is 296 g/mol. The molecule has 104 valence electrons. The summed E-state index contributed by atoms with van der Waals surface area (Å²) in [4.78, 5) is 4.49. The van der Waals surface area contributed by atoms with Crippen molar-refractivity contribution in [1.29, 1.82) is 5.26 Å². The fraction of sp³-hybridized carbons (Fsp3) is 0.125.